The first-order valence-corrected chi connectivity index (χ1v) is 8.15. The quantitative estimate of drug-likeness (QED) is 0.317. The lowest BCUT2D eigenvalue weighted by Gasteiger charge is -2.26. The van der Waals surface area contributed by atoms with Crippen molar-refractivity contribution in [2.75, 3.05) is 0 Å². The van der Waals surface area contributed by atoms with Crippen LogP contribution in [0.25, 0.3) is 0 Å². The topological polar surface area (TPSA) is 158 Å². The van der Waals surface area contributed by atoms with Gasteiger partial charge in [-0.15, -0.1) is 0 Å². The molecule has 0 aromatic rings. The maximum Gasteiger partial charge on any atom is 0.342 e. The van der Waals surface area contributed by atoms with Gasteiger partial charge in [-0.2, -0.15) is 0 Å². The molecule has 0 heterocycles. The first-order chi connectivity index (χ1) is 8.05. The second-order valence-electron chi connectivity index (χ2n) is 4.88. The number of ether oxygens (including phenoxy) is 1. The molecule has 112 valence electrons. The molecule has 0 aliphatic carbocycles. The molecule has 0 amide bonds. The minimum Gasteiger partial charge on any atom is -0.391 e. The summed E-state index contributed by atoms with van der Waals surface area (Å²) in [6, 6.07) is 0. The van der Waals surface area contributed by atoms with E-state index >= 15 is 0 Å². The lowest BCUT2D eigenvalue weighted by atomic mass is 10.2. The second-order valence-corrected chi connectivity index (χ2v) is 9.30. The Kier molecular flexibility index (Phi) is 4.94. The lowest BCUT2D eigenvalue weighted by Crippen LogP contribution is -2.41. The summed E-state index contributed by atoms with van der Waals surface area (Å²) in [5.74, 6) is -3.13. The number of esters is 2. The summed E-state index contributed by atoms with van der Waals surface area (Å²) in [6.45, 7) is 3.42. The van der Waals surface area contributed by atoms with Crippen LogP contribution in [0.4, 0.5) is 0 Å². The predicted molar refractivity (Wildman–Crippen MR) is 63.3 cm³/mol. The number of hydrogen-bond acceptors (Lipinski definition) is 5. The second kappa shape index (κ2) is 5.09. The van der Waals surface area contributed by atoms with Crippen molar-refractivity contribution in [2.45, 2.75) is 38.0 Å². The van der Waals surface area contributed by atoms with Gasteiger partial charge >= 0.3 is 27.1 Å². The molecular formula is C8H16O9P2. The Labute approximate surface area is 109 Å². The molecule has 0 aromatic heterocycles. The van der Waals surface area contributed by atoms with Crippen molar-refractivity contribution in [3.63, 3.8) is 0 Å². The third-order valence-corrected chi connectivity index (χ3v) is 5.92. The van der Waals surface area contributed by atoms with Crippen LogP contribution in [0, 0.1) is 0 Å². The first kappa shape index (κ1) is 18.4. The van der Waals surface area contributed by atoms with E-state index < -0.39 is 37.4 Å². The third kappa shape index (κ3) is 3.72. The fourth-order valence-electron chi connectivity index (χ4n) is 0.572. The van der Waals surface area contributed by atoms with Crippen molar-refractivity contribution >= 4 is 27.1 Å². The Hall–Kier alpha value is -0.560. The van der Waals surface area contributed by atoms with Crippen LogP contribution >= 0.6 is 15.2 Å². The summed E-state index contributed by atoms with van der Waals surface area (Å²) >= 11 is 0. The van der Waals surface area contributed by atoms with E-state index in [1.54, 1.807) is 0 Å². The number of carbonyl (C=O) groups excluding carboxylic acids is 2. The van der Waals surface area contributed by atoms with E-state index in [9.17, 15) is 18.7 Å². The first-order valence-electron chi connectivity index (χ1n) is 4.93. The van der Waals surface area contributed by atoms with Gasteiger partial charge in [-0.3, -0.25) is 18.7 Å². The van der Waals surface area contributed by atoms with Crippen molar-refractivity contribution < 1.29 is 43.0 Å². The molecule has 0 rings (SSSR count). The molecule has 0 bridgehead atoms. The van der Waals surface area contributed by atoms with E-state index in [1.807, 2.05) is 0 Å². The molecule has 0 radical (unpaired) electrons. The van der Waals surface area contributed by atoms with Crippen molar-refractivity contribution in [3.8, 4) is 0 Å². The smallest absolute Gasteiger partial charge is 0.342 e. The standard InChI is InChI=1S/C8H16O9P2/c1-7(2,18(11,12)13)5(9)17-6(10)8(3,4)19(14,15)16/h1-4H3,(H2,11,12,13)(H2,14,15,16). The van der Waals surface area contributed by atoms with Gasteiger partial charge in [0.25, 0.3) is 0 Å². The van der Waals surface area contributed by atoms with Crippen molar-refractivity contribution in [1.82, 2.24) is 0 Å². The molecule has 4 N–H and O–H groups in total. The minimum absolute atomic E-state index is 0.855. The Morgan fingerprint density at radius 1 is 0.789 bits per heavy atom. The zero-order valence-electron chi connectivity index (χ0n) is 10.7. The number of hydrogen-bond donors (Lipinski definition) is 4. The summed E-state index contributed by atoms with van der Waals surface area (Å²) in [6.07, 6.45) is 0. The van der Waals surface area contributed by atoms with Crippen LogP contribution < -0.4 is 0 Å². The van der Waals surface area contributed by atoms with E-state index in [-0.39, 0.29) is 0 Å². The highest BCUT2D eigenvalue weighted by Gasteiger charge is 2.52. The average Bonchev–Trinajstić information content (AvgIpc) is 2.13. The van der Waals surface area contributed by atoms with Gasteiger partial charge in [0.05, 0.1) is 0 Å². The van der Waals surface area contributed by atoms with Crippen LogP contribution in [0.3, 0.4) is 0 Å². The number of rotatable bonds is 4. The highest BCUT2D eigenvalue weighted by molar-refractivity contribution is 7.55. The maximum atomic E-state index is 11.5. The molecule has 0 aliphatic heterocycles. The fraction of sp³-hybridized carbons (Fsp3) is 0.750. The van der Waals surface area contributed by atoms with E-state index in [4.69, 9.17) is 19.6 Å². The third-order valence-electron chi connectivity index (χ3n) is 2.64. The van der Waals surface area contributed by atoms with Crippen LogP contribution in [0.2, 0.25) is 0 Å². The van der Waals surface area contributed by atoms with Crippen molar-refractivity contribution in [3.05, 3.63) is 0 Å². The highest BCUT2D eigenvalue weighted by Crippen LogP contribution is 2.53. The molecule has 11 heteroatoms. The summed E-state index contributed by atoms with van der Waals surface area (Å²) in [5, 5.41) is -4.60. The van der Waals surface area contributed by atoms with E-state index in [0.29, 0.717) is 0 Å². The summed E-state index contributed by atoms with van der Waals surface area (Å²) in [5.41, 5.74) is 0. The lowest BCUT2D eigenvalue weighted by molar-refractivity contribution is -0.162. The van der Waals surface area contributed by atoms with E-state index in [1.165, 1.54) is 0 Å². The highest BCUT2D eigenvalue weighted by atomic mass is 31.2. The Morgan fingerprint density at radius 3 is 1.16 bits per heavy atom. The zero-order valence-corrected chi connectivity index (χ0v) is 12.5. The SMILES string of the molecule is CC(C)(C(=O)OC(=O)C(C)(C)P(=O)(O)O)P(=O)(O)O. The number of carbonyl (C=O) groups is 2. The molecule has 9 nitrogen and oxygen atoms in total. The van der Waals surface area contributed by atoms with Gasteiger partial charge in [0.15, 0.2) is 10.3 Å². The molecule has 0 aliphatic rings. The molecule has 0 unspecified atom stereocenters. The summed E-state index contributed by atoms with van der Waals surface area (Å²) in [4.78, 5) is 58.8. The largest absolute Gasteiger partial charge is 0.391 e. The van der Waals surface area contributed by atoms with Crippen molar-refractivity contribution in [1.29, 1.82) is 0 Å². The molecule has 0 atom stereocenters. The monoisotopic (exact) mass is 318 g/mol. The van der Waals surface area contributed by atoms with Crippen LogP contribution in [0.5, 0.6) is 0 Å². The molecule has 0 aromatic carbocycles. The molecule has 0 fully saturated rings. The average molecular weight is 318 g/mol. The van der Waals surface area contributed by atoms with Gasteiger partial charge in [-0.25, -0.2) is 0 Å². The predicted octanol–water partition coefficient (Wildman–Crippen LogP) is -0.0312. The maximum absolute atomic E-state index is 11.5. The van der Waals surface area contributed by atoms with Gasteiger partial charge in [-0.1, -0.05) is 0 Å². The summed E-state index contributed by atoms with van der Waals surface area (Å²) in [7, 11) is -9.79. The fourth-order valence-corrected chi connectivity index (χ4v) is 1.14. The molecule has 0 saturated carbocycles. The van der Waals surface area contributed by atoms with Crippen LogP contribution in [-0.4, -0.2) is 41.8 Å². The van der Waals surface area contributed by atoms with Crippen molar-refractivity contribution in [2.24, 2.45) is 0 Å². The van der Waals surface area contributed by atoms with E-state index in [0.717, 1.165) is 27.7 Å². The molecular weight excluding hydrogens is 302 g/mol. The van der Waals surface area contributed by atoms with Gasteiger partial charge in [0.1, 0.15) is 0 Å². The minimum atomic E-state index is -4.89. The van der Waals surface area contributed by atoms with Crippen LogP contribution in [0.15, 0.2) is 0 Å². The van der Waals surface area contributed by atoms with Crippen LogP contribution in [0.1, 0.15) is 27.7 Å². The zero-order chi connectivity index (χ0) is 15.9. The van der Waals surface area contributed by atoms with E-state index in [2.05, 4.69) is 4.74 Å². The Bertz CT molecular complexity index is 436. The molecule has 19 heavy (non-hydrogen) atoms. The van der Waals surface area contributed by atoms with Gasteiger partial charge < -0.3 is 24.3 Å². The Morgan fingerprint density at radius 2 is 1.00 bits per heavy atom. The summed E-state index contributed by atoms with van der Waals surface area (Å²) < 4.78 is 26.3. The van der Waals surface area contributed by atoms with Gasteiger partial charge in [0, 0.05) is 0 Å². The molecule has 0 spiro atoms. The van der Waals surface area contributed by atoms with Gasteiger partial charge in [0.2, 0.25) is 0 Å². The molecule has 0 saturated heterocycles. The Balaban J connectivity index is 5.22. The normalized spacial score (nSPS) is 14.1. The van der Waals surface area contributed by atoms with Crippen LogP contribution in [-0.2, 0) is 23.5 Å². The van der Waals surface area contributed by atoms with Gasteiger partial charge in [-0.05, 0) is 27.7 Å².